The second-order valence-electron chi connectivity index (χ2n) is 4.14. The van der Waals surface area contributed by atoms with Crippen LogP contribution < -0.4 is 4.74 Å². The number of aliphatic hydroxyl groups excluding tert-OH is 1. The zero-order valence-corrected chi connectivity index (χ0v) is 10.8. The number of hydrogen-bond acceptors (Lipinski definition) is 4. The molecule has 0 unspecified atom stereocenters. The molecule has 0 heterocycles. The van der Waals surface area contributed by atoms with E-state index in [2.05, 4.69) is 0 Å². The van der Waals surface area contributed by atoms with Crippen LogP contribution in [-0.4, -0.2) is 31.4 Å². The molecule has 0 aliphatic heterocycles. The highest BCUT2D eigenvalue weighted by atomic mass is 16.5. The van der Waals surface area contributed by atoms with Crippen LogP contribution in [0.4, 0.5) is 0 Å². The molecule has 0 saturated heterocycles. The second-order valence-corrected chi connectivity index (χ2v) is 4.14. The van der Waals surface area contributed by atoms with Crippen molar-refractivity contribution in [3.05, 3.63) is 42.0 Å². The summed E-state index contributed by atoms with van der Waals surface area (Å²) in [6.07, 6.45) is 0.455. The molecule has 0 saturated carbocycles. The fraction of sp³-hybridized carbons (Fsp3) is 0.267. The van der Waals surface area contributed by atoms with Crippen LogP contribution in [0.2, 0.25) is 0 Å². The highest BCUT2D eigenvalue weighted by molar-refractivity contribution is 5.95. The maximum atomic E-state index is 11.8. The van der Waals surface area contributed by atoms with Gasteiger partial charge < -0.3 is 14.6 Å². The molecule has 0 spiro atoms. The Bertz CT molecular complexity index is 577. The number of fused-ring (bicyclic) bond motifs is 1. The molecular formula is C15H16O4. The summed E-state index contributed by atoms with van der Waals surface area (Å²) in [7, 11) is 1.62. The average Bonchev–Trinajstić information content (AvgIpc) is 2.46. The van der Waals surface area contributed by atoms with Gasteiger partial charge in [-0.1, -0.05) is 12.1 Å². The largest absolute Gasteiger partial charge is 0.497 e. The molecular weight excluding hydrogens is 244 g/mol. The van der Waals surface area contributed by atoms with Crippen LogP contribution in [0.15, 0.2) is 36.4 Å². The first-order valence-electron chi connectivity index (χ1n) is 6.10. The number of carbonyl (C=O) groups is 1. The summed E-state index contributed by atoms with van der Waals surface area (Å²) in [6, 6.07) is 11.0. The van der Waals surface area contributed by atoms with E-state index < -0.39 is 0 Å². The van der Waals surface area contributed by atoms with Gasteiger partial charge in [0.15, 0.2) is 0 Å². The Kier molecular flexibility index (Phi) is 4.36. The molecule has 2 aromatic rings. The zero-order chi connectivity index (χ0) is 13.7. The van der Waals surface area contributed by atoms with E-state index in [1.807, 2.05) is 24.3 Å². The highest BCUT2D eigenvalue weighted by Gasteiger charge is 2.08. The summed E-state index contributed by atoms with van der Waals surface area (Å²) >= 11 is 0. The zero-order valence-electron chi connectivity index (χ0n) is 10.8. The standard InChI is InChI=1S/C15H16O4/c1-18-14-6-5-11-9-13(4-3-12(11)10-14)15(17)19-8-2-7-16/h3-6,9-10,16H,2,7-8H2,1H3. The molecule has 4 nitrogen and oxygen atoms in total. The monoisotopic (exact) mass is 260 g/mol. The Morgan fingerprint density at radius 2 is 1.89 bits per heavy atom. The molecule has 0 aliphatic carbocycles. The first-order valence-corrected chi connectivity index (χ1v) is 6.10. The van der Waals surface area contributed by atoms with Crippen molar-refractivity contribution in [2.24, 2.45) is 0 Å². The van der Waals surface area contributed by atoms with Crippen molar-refractivity contribution in [3.8, 4) is 5.75 Å². The van der Waals surface area contributed by atoms with Crippen molar-refractivity contribution in [1.29, 1.82) is 0 Å². The van der Waals surface area contributed by atoms with E-state index in [4.69, 9.17) is 14.6 Å². The normalized spacial score (nSPS) is 10.4. The predicted molar refractivity (Wildman–Crippen MR) is 72.5 cm³/mol. The third-order valence-corrected chi connectivity index (χ3v) is 2.82. The van der Waals surface area contributed by atoms with Crippen LogP contribution in [0, 0.1) is 0 Å². The molecule has 0 bridgehead atoms. The molecule has 0 aromatic heterocycles. The van der Waals surface area contributed by atoms with Crippen LogP contribution >= 0.6 is 0 Å². The van der Waals surface area contributed by atoms with Gasteiger partial charge in [-0.15, -0.1) is 0 Å². The molecule has 0 atom stereocenters. The number of aliphatic hydroxyl groups is 1. The summed E-state index contributed by atoms with van der Waals surface area (Å²) in [5.74, 6) is 0.414. The third kappa shape index (κ3) is 3.23. The summed E-state index contributed by atoms with van der Waals surface area (Å²) < 4.78 is 10.2. The first-order chi connectivity index (χ1) is 9.24. The number of ether oxygens (including phenoxy) is 2. The van der Waals surface area contributed by atoms with Gasteiger partial charge in [-0.05, 0) is 35.0 Å². The summed E-state index contributed by atoms with van der Waals surface area (Å²) in [5.41, 5.74) is 0.510. The van der Waals surface area contributed by atoms with Crippen molar-refractivity contribution in [2.75, 3.05) is 20.3 Å². The lowest BCUT2D eigenvalue weighted by Gasteiger charge is -2.06. The second kappa shape index (κ2) is 6.20. The van der Waals surface area contributed by atoms with Gasteiger partial charge in [0.2, 0.25) is 0 Å². The van der Waals surface area contributed by atoms with E-state index in [1.165, 1.54) is 0 Å². The van der Waals surface area contributed by atoms with Crippen molar-refractivity contribution in [2.45, 2.75) is 6.42 Å². The maximum Gasteiger partial charge on any atom is 0.338 e. The van der Waals surface area contributed by atoms with Gasteiger partial charge in [0.1, 0.15) is 5.75 Å². The third-order valence-electron chi connectivity index (χ3n) is 2.82. The van der Waals surface area contributed by atoms with Crippen molar-refractivity contribution >= 4 is 16.7 Å². The quantitative estimate of drug-likeness (QED) is 0.662. The van der Waals surface area contributed by atoms with Crippen LogP contribution in [-0.2, 0) is 4.74 Å². The smallest absolute Gasteiger partial charge is 0.338 e. The molecule has 100 valence electrons. The summed E-state index contributed by atoms with van der Waals surface area (Å²) in [6.45, 7) is 0.251. The van der Waals surface area contributed by atoms with E-state index in [9.17, 15) is 4.79 Å². The van der Waals surface area contributed by atoms with E-state index in [-0.39, 0.29) is 19.2 Å². The van der Waals surface area contributed by atoms with Crippen LogP contribution in [0.1, 0.15) is 16.8 Å². The molecule has 1 N–H and O–H groups in total. The van der Waals surface area contributed by atoms with E-state index in [1.54, 1.807) is 19.2 Å². The minimum Gasteiger partial charge on any atom is -0.497 e. The fourth-order valence-corrected chi connectivity index (χ4v) is 1.79. The van der Waals surface area contributed by atoms with E-state index >= 15 is 0 Å². The number of hydrogen-bond donors (Lipinski definition) is 1. The minimum absolute atomic E-state index is 0.0186. The topological polar surface area (TPSA) is 55.8 Å². The molecule has 0 radical (unpaired) electrons. The lowest BCUT2D eigenvalue weighted by Crippen LogP contribution is -2.07. The number of methoxy groups -OCH3 is 1. The van der Waals surface area contributed by atoms with Crippen molar-refractivity contribution < 1.29 is 19.4 Å². The number of esters is 1. The lowest BCUT2D eigenvalue weighted by atomic mass is 10.1. The van der Waals surface area contributed by atoms with Gasteiger partial charge in [0.25, 0.3) is 0 Å². The van der Waals surface area contributed by atoms with Gasteiger partial charge >= 0.3 is 5.97 Å². The Balaban J connectivity index is 2.19. The minimum atomic E-state index is -0.369. The van der Waals surface area contributed by atoms with Crippen LogP contribution in [0.3, 0.4) is 0 Å². The Morgan fingerprint density at radius 3 is 2.63 bits per heavy atom. The van der Waals surface area contributed by atoms with E-state index in [0.29, 0.717) is 12.0 Å². The summed E-state index contributed by atoms with van der Waals surface area (Å²) in [5, 5.41) is 10.6. The molecule has 2 aromatic carbocycles. The van der Waals surface area contributed by atoms with Gasteiger partial charge in [-0.2, -0.15) is 0 Å². The first kappa shape index (κ1) is 13.4. The van der Waals surface area contributed by atoms with Crippen molar-refractivity contribution in [3.63, 3.8) is 0 Å². The molecule has 0 aliphatic rings. The van der Waals surface area contributed by atoms with Crippen LogP contribution in [0.25, 0.3) is 10.8 Å². The average molecular weight is 260 g/mol. The van der Waals surface area contributed by atoms with Gasteiger partial charge in [-0.25, -0.2) is 4.79 Å². The fourth-order valence-electron chi connectivity index (χ4n) is 1.79. The Hall–Kier alpha value is -2.07. The van der Waals surface area contributed by atoms with Crippen molar-refractivity contribution in [1.82, 2.24) is 0 Å². The predicted octanol–water partition coefficient (Wildman–Crippen LogP) is 2.39. The molecule has 4 heteroatoms. The van der Waals surface area contributed by atoms with Gasteiger partial charge in [-0.3, -0.25) is 0 Å². The lowest BCUT2D eigenvalue weighted by molar-refractivity contribution is 0.0482. The van der Waals surface area contributed by atoms with Gasteiger partial charge in [0, 0.05) is 13.0 Å². The molecule has 2 rings (SSSR count). The SMILES string of the molecule is COc1ccc2cc(C(=O)OCCCO)ccc2c1. The summed E-state index contributed by atoms with van der Waals surface area (Å²) in [4.78, 5) is 11.8. The number of benzene rings is 2. The molecule has 19 heavy (non-hydrogen) atoms. The Labute approximate surface area is 111 Å². The van der Waals surface area contributed by atoms with E-state index in [0.717, 1.165) is 16.5 Å². The van der Waals surface area contributed by atoms with Gasteiger partial charge in [0.05, 0.1) is 19.3 Å². The highest BCUT2D eigenvalue weighted by Crippen LogP contribution is 2.22. The molecule has 0 fully saturated rings. The van der Waals surface area contributed by atoms with Crippen LogP contribution in [0.5, 0.6) is 5.75 Å². The maximum absolute atomic E-state index is 11.8. The number of carbonyl (C=O) groups excluding carboxylic acids is 1. The molecule has 0 amide bonds. The Morgan fingerprint density at radius 1 is 1.16 bits per heavy atom. The number of rotatable bonds is 5.